The number of rotatable bonds is 10. The van der Waals surface area contributed by atoms with Gasteiger partial charge in [0.25, 0.3) is 5.78 Å². The van der Waals surface area contributed by atoms with Gasteiger partial charge in [-0.1, -0.05) is 72.8 Å². The van der Waals surface area contributed by atoms with E-state index in [1.165, 1.54) is 22.7 Å². The molecule has 0 radical (unpaired) electrons. The van der Waals surface area contributed by atoms with Gasteiger partial charge in [-0.05, 0) is 54.8 Å². The van der Waals surface area contributed by atoms with Gasteiger partial charge in [-0.15, -0.1) is 10.2 Å². The van der Waals surface area contributed by atoms with Crippen LogP contribution in [0.5, 0.6) is 5.75 Å². The Bertz CT molecular complexity index is 1890. The first-order valence-corrected chi connectivity index (χ1v) is 15.8. The molecule has 1 unspecified atom stereocenters. The number of benzene rings is 2. The number of fused-ring (bicyclic) bond motifs is 1. The number of imidazole rings is 1. The van der Waals surface area contributed by atoms with Crippen LogP contribution in [0.2, 0.25) is 0 Å². The maximum Gasteiger partial charge on any atom is 0.301 e. The van der Waals surface area contributed by atoms with E-state index in [0.29, 0.717) is 50.6 Å². The minimum absolute atomic E-state index is 0.0841. The average Bonchev–Trinajstić information content (AvgIpc) is 3.70. The largest absolute Gasteiger partial charge is 0.505 e. The zero-order valence-corrected chi connectivity index (χ0v) is 25.6. The molecule has 5 aromatic rings. The van der Waals surface area contributed by atoms with E-state index in [-0.39, 0.29) is 22.3 Å². The Morgan fingerprint density at radius 1 is 1.07 bits per heavy atom. The second kappa shape index (κ2) is 12.6. The van der Waals surface area contributed by atoms with E-state index in [0.717, 1.165) is 24.2 Å². The Hall–Kier alpha value is -4.55. The molecule has 0 bridgehead atoms. The summed E-state index contributed by atoms with van der Waals surface area (Å²) in [6.45, 7) is 4.39. The number of carbonyl (C=O) groups is 2. The molecule has 224 valence electrons. The maximum atomic E-state index is 14.2. The first-order valence-electron chi connectivity index (χ1n) is 14.0. The summed E-state index contributed by atoms with van der Waals surface area (Å²) >= 11 is 2.40. The SMILES string of the molecule is CCCCOc1ccc(C2C(=C(O)c3c(C)nc4ccccn34)C(=O)C(=O)N2c2nnc(SCc3ccccc3F)s2)cc1. The molecule has 9 nitrogen and oxygen atoms in total. The molecular weight excluding hydrogens is 602 g/mol. The summed E-state index contributed by atoms with van der Waals surface area (Å²) in [7, 11) is 0. The van der Waals surface area contributed by atoms with Gasteiger partial charge in [-0.3, -0.25) is 18.9 Å². The van der Waals surface area contributed by atoms with Crippen LogP contribution in [0, 0.1) is 12.7 Å². The van der Waals surface area contributed by atoms with Crippen LogP contribution in [-0.4, -0.2) is 43.0 Å². The number of amides is 1. The molecule has 0 saturated carbocycles. The number of aromatic nitrogens is 4. The Balaban J connectivity index is 1.41. The Morgan fingerprint density at radius 3 is 2.61 bits per heavy atom. The van der Waals surface area contributed by atoms with Crippen molar-refractivity contribution in [2.24, 2.45) is 0 Å². The third-order valence-electron chi connectivity index (χ3n) is 7.25. The fourth-order valence-corrected chi connectivity index (χ4v) is 6.92. The maximum absolute atomic E-state index is 14.2. The number of pyridine rings is 1. The normalized spacial score (nSPS) is 16.2. The lowest BCUT2D eigenvalue weighted by atomic mass is 9.96. The molecular formula is C32H28FN5O4S2. The molecule has 1 fully saturated rings. The average molecular weight is 630 g/mol. The van der Waals surface area contributed by atoms with Crippen LogP contribution in [0.3, 0.4) is 0 Å². The molecule has 0 spiro atoms. The van der Waals surface area contributed by atoms with Crippen molar-refractivity contribution in [3.63, 3.8) is 0 Å². The topological polar surface area (TPSA) is 110 Å². The quantitative estimate of drug-likeness (QED) is 0.0452. The van der Waals surface area contributed by atoms with E-state index < -0.39 is 17.7 Å². The van der Waals surface area contributed by atoms with Crippen molar-refractivity contribution in [1.29, 1.82) is 0 Å². The van der Waals surface area contributed by atoms with Crippen molar-refractivity contribution >= 4 is 51.3 Å². The van der Waals surface area contributed by atoms with Crippen molar-refractivity contribution in [2.45, 2.75) is 42.8 Å². The molecule has 1 atom stereocenters. The molecule has 3 aromatic heterocycles. The number of aryl methyl sites for hydroxylation is 1. The van der Waals surface area contributed by atoms with Gasteiger partial charge < -0.3 is 9.84 Å². The summed E-state index contributed by atoms with van der Waals surface area (Å²) < 4.78 is 22.2. The van der Waals surface area contributed by atoms with Crippen LogP contribution in [0.15, 0.2) is 82.8 Å². The highest BCUT2D eigenvalue weighted by atomic mass is 32.2. The Kier molecular flexibility index (Phi) is 8.45. The van der Waals surface area contributed by atoms with E-state index in [4.69, 9.17) is 4.74 Å². The second-order valence-corrected chi connectivity index (χ2v) is 12.3. The van der Waals surface area contributed by atoms with Gasteiger partial charge >= 0.3 is 5.91 Å². The monoisotopic (exact) mass is 629 g/mol. The van der Waals surface area contributed by atoms with Crippen molar-refractivity contribution in [3.05, 3.63) is 107 Å². The van der Waals surface area contributed by atoms with Crippen molar-refractivity contribution in [2.75, 3.05) is 11.5 Å². The van der Waals surface area contributed by atoms with Crippen LogP contribution in [0.4, 0.5) is 9.52 Å². The van der Waals surface area contributed by atoms with Crippen LogP contribution >= 0.6 is 23.1 Å². The van der Waals surface area contributed by atoms with Crippen molar-refractivity contribution < 1.29 is 23.8 Å². The minimum atomic E-state index is -0.995. The number of nitrogens with zero attached hydrogens (tertiary/aromatic N) is 5. The summed E-state index contributed by atoms with van der Waals surface area (Å²) in [6, 6.07) is 18.0. The number of hydrogen-bond donors (Lipinski definition) is 1. The molecule has 1 aliphatic heterocycles. The molecule has 44 heavy (non-hydrogen) atoms. The molecule has 1 aliphatic rings. The lowest BCUT2D eigenvalue weighted by molar-refractivity contribution is -0.132. The summed E-state index contributed by atoms with van der Waals surface area (Å²) in [5, 5.41) is 20.4. The van der Waals surface area contributed by atoms with E-state index >= 15 is 0 Å². The van der Waals surface area contributed by atoms with E-state index in [2.05, 4.69) is 22.1 Å². The molecule has 2 aromatic carbocycles. The van der Waals surface area contributed by atoms with Gasteiger partial charge in [-0.25, -0.2) is 9.37 Å². The highest BCUT2D eigenvalue weighted by Crippen LogP contribution is 2.44. The smallest absolute Gasteiger partial charge is 0.301 e. The van der Waals surface area contributed by atoms with Gasteiger partial charge in [0.05, 0.1) is 23.9 Å². The minimum Gasteiger partial charge on any atom is -0.505 e. The molecule has 1 amide bonds. The van der Waals surface area contributed by atoms with Crippen LogP contribution < -0.4 is 9.64 Å². The lowest BCUT2D eigenvalue weighted by Crippen LogP contribution is -2.29. The van der Waals surface area contributed by atoms with Crippen LogP contribution in [-0.2, 0) is 15.3 Å². The molecule has 12 heteroatoms. The zero-order valence-electron chi connectivity index (χ0n) is 23.9. The fourth-order valence-electron chi connectivity index (χ4n) is 5.07. The highest BCUT2D eigenvalue weighted by molar-refractivity contribution is 8.00. The molecule has 6 rings (SSSR count). The van der Waals surface area contributed by atoms with Crippen molar-refractivity contribution in [3.8, 4) is 5.75 Å². The first-order chi connectivity index (χ1) is 21.4. The Labute approximate surface area is 261 Å². The standard InChI is InChI=1S/C32H28FN5O4S2/c1-3-4-17-42-22-14-12-20(13-15-22)27-25(28(39)26-19(2)34-24-11-7-8-16-37(24)26)29(40)30(41)38(27)31-35-36-32(44-31)43-18-21-9-5-6-10-23(21)33/h5-16,27,39H,3-4,17-18H2,1-2H3. The number of ketones is 1. The van der Waals surface area contributed by atoms with Crippen LogP contribution in [0.1, 0.15) is 48.3 Å². The lowest BCUT2D eigenvalue weighted by Gasteiger charge is -2.22. The predicted octanol–water partition coefficient (Wildman–Crippen LogP) is 6.73. The number of aliphatic hydroxyl groups excluding tert-OH is 1. The number of unbranched alkanes of at least 4 members (excludes halogenated alkanes) is 1. The summed E-state index contributed by atoms with van der Waals surface area (Å²) in [5.41, 5.74) is 2.42. The number of ether oxygens (including phenoxy) is 1. The number of Topliss-reactive ketones (excluding diaryl/α,β-unsaturated/α-hetero) is 1. The predicted molar refractivity (Wildman–Crippen MR) is 167 cm³/mol. The summed E-state index contributed by atoms with van der Waals surface area (Å²) in [6.07, 6.45) is 3.65. The van der Waals surface area contributed by atoms with Gasteiger partial charge in [-0.2, -0.15) is 0 Å². The fraction of sp³-hybridized carbons (Fsp3) is 0.219. The molecule has 0 aliphatic carbocycles. The first kappa shape index (κ1) is 29.5. The van der Waals surface area contributed by atoms with Crippen molar-refractivity contribution in [1.82, 2.24) is 19.6 Å². The van der Waals surface area contributed by atoms with E-state index in [1.54, 1.807) is 72.1 Å². The third-order valence-corrected chi connectivity index (χ3v) is 9.35. The number of hydrogen-bond acceptors (Lipinski definition) is 9. The van der Waals surface area contributed by atoms with Crippen LogP contribution in [0.25, 0.3) is 11.4 Å². The third kappa shape index (κ3) is 5.58. The molecule has 1 N–H and O–H groups in total. The van der Waals surface area contributed by atoms with Gasteiger partial charge in [0.1, 0.15) is 22.9 Å². The number of thioether (sulfide) groups is 1. The summed E-state index contributed by atoms with van der Waals surface area (Å²) in [4.78, 5) is 33.2. The van der Waals surface area contributed by atoms with Gasteiger partial charge in [0.2, 0.25) is 5.13 Å². The van der Waals surface area contributed by atoms with Gasteiger partial charge in [0.15, 0.2) is 10.1 Å². The highest BCUT2D eigenvalue weighted by Gasteiger charge is 2.49. The van der Waals surface area contributed by atoms with E-state index in [1.807, 2.05) is 6.07 Å². The number of halogens is 1. The second-order valence-electron chi connectivity index (χ2n) is 10.1. The molecule has 4 heterocycles. The number of anilines is 1. The zero-order chi connectivity index (χ0) is 30.8. The molecule has 1 saturated heterocycles. The number of carbonyl (C=O) groups excluding carboxylic acids is 2. The van der Waals surface area contributed by atoms with Gasteiger partial charge in [0, 0.05) is 11.9 Å². The summed E-state index contributed by atoms with van der Waals surface area (Å²) in [5.74, 6) is -1.38. The number of aliphatic hydroxyl groups is 1. The van der Waals surface area contributed by atoms with E-state index in [9.17, 15) is 19.1 Å². The Morgan fingerprint density at radius 2 is 1.84 bits per heavy atom.